The molecular formula is C59H87N2O14+. The van der Waals surface area contributed by atoms with Gasteiger partial charge in [-0.2, -0.15) is 4.57 Å². The standard InChI is InChI=1S/C59H87N2O14/c1-36-18-13-12-14-20-38(3)49(70-9)32-45-24-22-43(8)59(69,75-45)56(66)57(67)61-27-16-15-21-46(61)58(68)73-50(40(5)30-44-23-25-47(62)51(31-44)71-10)33-48(63)39(4)29-42(7)54(55(72-11)53(65)41(6)28-36)74-52(64)35-60-26-17-19-37(2)34-60/h12-14,17-20,26,29,34,36,39-41,43-47,49-51,54-55,62,69H,15-16,21-25,27-28,30-33,35H2,1-11H3/q+1/b14-12+,18-13+,38-20+,42-29+/t36-,39-,40-,41-,43-,44+,45+,46+,47-,49+,50+,51-,54-,55+,59-/m1/s1. The first-order valence-electron chi connectivity index (χ1n) is 27.2. The molecule has 0 aromatic carbocycles. The van der Waals surface area contributed by atoms with Gasteiger partial charge in [-0.1, -0.05) is 71.1 Å². The lowest BCUT2D eigenvalue weighted by molar-refractivity contribution is -0.686. The van der Waals surface area contributed by atoms with Crippen LogP contribution in [-0.4, -0.2) is 133 Å². The molecule has 4 heterocycles. The van der Waals surface area contributed by atoms with Gasteiger partial charge < -0.3 is 43.5 Å². The first kappa shape index (κ1) is 61.1. The first-order chi connectivity index (χ1) is 35.6. The molecule has 0 unspecified atom stereocenters. The second-order valence-corrected chi connectivity index (χ2v) is 22.1. The van der Waals surface area contributed by atoms with E-state index in [1.807, 2.05) is 83.3 Å². The van der Waals surface area contributed by atoms with Gasteiger partial charge in [0.05, 0.1) is 24.4 Å². The average molecular weight is 1050 g/mol. The van der Waals surface area contributed by atoms with Crippen LogP contribution in [0.4, 0.5) is 0 Å². The number of ketones is 3. The van der Waals surface area contributed by atoms with Gasteiger partial charge >= 0.3 is 11.9 Å². The highest BCUT2D eigenvalue weighted by Gasteiger charge is 2.53. The Kier molecular flexibility index (Phi) is 23.3. The first-order valence-corrected chi connectivity index (χ1v) is 27.2. The van der Waals surface area contributed by atoms with Crippen molar-refractivity contribution in [3.8, 4) is 0 Å². The maximum Gasteiger partial charge on any atom is 0.373 e. The molecule has 1 amide bonds. The van der Waals surface area contributed by atoms with Crippen LogP contribution in [0.1, 0.15) is 131 Å². The molecule has 3 fully saturated rings. The van der Waals surface area contributed by atoms with Crippen LogP contribution in [0.15, 0.2) is 72.1 Å². The Morgan fingerprint density at radius 2 is 1.63 bits per heavy atom. The van der Waals surface area contributed by atoms with Crippen molar-refractivity contribution in [3.05, 3.63) is 77.7 Å². The number of nitrogens with zero attached hydrogens (tertiary/aromatic N) is 2. The lowest BCUT2D eigenvalue weighted by atomic mass is 9.78. The number of carbonyl (C=O) groups is 6. The number of aliphatic hydroxyl groups excluding tert-OH is 1. The molecule has 2 N–H and O–H groups in total. The number of hydrogen-bond donors (Lipinski definition) is 2. The van der Waals surface area contributed by atoms with Crippen molar-refractivity contribution in [2.45, 2.75) is 194 Å². The minimum atomic E-state index is -2.45. The highest BCUT2D eigenvalue weighted by Crippen LogP contribution is 2.38. The van der Waals surface area contributed by atoms with Gasteiger partial charge in [-0.25, -0.2) is 9.59 Å². The zero-order valence-corrected chi connectivity index (χ0v) is 46.4. The summed E-state index contributed by atoms with van der Waals surface area (Å²) in [5.74, 6) is -9.00. The lowest BCUT2D eigenvalue weighted by Crippen LogP contribution is -2.61. The summed E-state index contributed by atoms with van der Waals surface area (Å²) >= 11 is 0. The van der Waals surface area contributed by atoms with Crippen LogP contribution < -0.4 is 4.57 Å². The zero-order chi connectivity index (χ0) is 55.1. The molecule has 0 radical (unpaired) electrons. The summed E-state index contributed by atoms with van der Waals surface area (Å²) in [4.78, 5) is 87.3. The van der Waals surface area contributed by atoms with Gasteiger partial charge in [0.1, 0.15) is 17.9 Å². The van der Waals surface area contributed by atoms with Crippen LogP contribution >= 0.6 is 0 Å². The number of rotatable bonds is 9. The second kappa shape index (κ2) is 28.6. The highest BCUT2D eigenvalue weighted by molar-refractivity contribution is 6.39. The number of cyclic esters (lactones) is 1. The van der Waals surface area contributed by atoms with Gasteiger partial charge in [0, 0.05) is 70.1 Å². The summed E-state index contributed by atoms with van der Waals surface area (Å²) < 4.78 is 37.8. The van der Waals surface area contributed by atoms with Crippen molar-refractivity contribution in [2.75, 3.05) is 27.9 Å². The summed E-state index contributed by atoms with van der Waals surface area (Å²) in [5.41, 5.74) is 2.22. The van der Waals surface area contributed by atoms with Gasteiger partial charge in [0.15, 0.2) is 30.4 Å². The van der Waals surface area contributed by atoms with E-state index in [9.17, 15) is 39.0 Å². The third-order valence-corrected chi connectivity index (χ3v) is 16.0. The van der Waals surface area contributed by atoms with E-state index >= 15 is 0 Å². The minimum Gasteiger partial charge on any atom is -0.460 e. The van der Waals surface area contributed by atoms with Crippen LogP contribution in [0.2, 0.25) is 0 Å². The van der Waals surface area contributed by atoms with E-state index in [2.05, 4.69) is 0 Å². The fourth-order valence-electron chi connectivity index (χ4n) is 11.3. The van der Waals surface area contributed by atoms with E-state index in [1.54, 1.807) is 51.8 Å². The number of aliphatic hydroxyl groups is 2. The van der Waals surface area contributed by atoms with Crippen molar-refractivity contribution in [2.24, 2.45) is 35.5 Å². The number of methoxy groups -OCH3 is 3. The molecule has 1 aromatic rings. The minimum absolute atomic E-state index is 0.0394. The molecular weight excluding hydrogens is 961 g/mol. The average Bonchev–Trinajstić information content (AvgIpc) is 3.37. The molecule has 1 aliphatic carbocycles. The molecule has 5 rings (SSSR count). The van der Waals surface area contributed by atoms with Gasteiger partial charge in [-0.15, -0.1) is 0 Å². The van der Waals surface area contributed by atoms with Crippen LogP contribution in [0.25, 0.3) is 0 Å². The number of carbonyl (C=O) groups excluding carboxylic acids is 6. The summed E-state index contributed by atoms with van der Waals surface area (Å²) in [6.45, 7) is 14.5. The summed E-state index contributed by atoms with van der Waals surface area (Å²) in [5, 5.41) is 22.6. The molecule has 416 valence electrons. The van der Waals surface area contributed by atoms with E-state index in [4.69, 9.17) is 28.4 Å². The Morgan fingerprint density at radius 1 is 0.880 bits per heavy atom. The molecule has 16 nitrogen and oxygen atoms in total. The molecule has 16 heteroatoms. The molecule has 3 aliphatic heterocycles. The van der Waals surface area contributed by atoms with Crippen molar-refractivity contribution in [1.82, 2.24) is 4.90 Å². The Bertz CT molecular complexity index is 2260. The van der Waals surface area contributed by atoms with Gasteiger partial charge in [-0.3, -0.25) is 19.2 Å². The predicted molar refractivity (Wildman–Crippen MR) is 280 cm³/mol. The van der Waals surface area contributed by atoms with Crippen molar-refractivity contribution >= 4 is 35.2 Å². The summed E-state index contributed by atoms with van der Waals surface area (Å²) in [6, 6.07) is 2.55. The maximum absolute atomic E-state index is 14.6. The highest BCUT2D eigenvalue weighted by atomic mass is 16.6. The number of aromatic nitrogens is 1. The van der Waals surface area contributed by atoms with Gasteiger partial charge in [0.25, 0.3) is 11.7 Å². The van der Waals surface area contributed by atoms with Gasteiger partial charge in [-0.05, 0) is 120 Å². The Hall–Kier alpha value is -4.71. The predicted octanol–water partition coefficient (Wildman–Crippen LogP) is 7.03. The lowest BCUT2D eigenvalue weighted by Gasteiger charge is -2.42. The normalized spacial score (nSPS) is 36.5. The number of ether oxygens (including phenoxy) is 6. The monoisotopic (exact) mass is 1050 g/mol. The van der Waals surface area contributed by atoms with E-state index < -0.39 is 89.8 Å². The Morgan fingerprint density at radius 3 is 2.32 bits per heavy atom. The fourth-order valence-corrected chi connectivity index (χ4v) is 11.3. The zero-order valence-electron chi connectivity index (χ0n) is 46.4. The van der Waals surface area contributed by atoms with Crippen LogP contribution in [0.5, 0.6) is 0 Å². The number of allylic oxidation sites excluding steroid dienone is 6. The summed E-state index contributed by atoms with van der Waals surface area (Å²) in [7, 11) is 4.54. The Balaban J connectivity index is 1.53. The second-order valence-electron chi connectivity index (χ2n) is 22.1. The Labute approximate surface area is 445 Å². The number of Topliss-reactive ketones (excluding diaryl/α,β-unsaturated/α-hetero) is 3. The van der Waals surface area contributed by atoms with Gasteiger partial charge in [0.2, 0.25) is 12.3 Å². The van der Waals surface area contributed by atoms with Crippen LogP contribution in [0, 0.1) is 42.4 Å². The fraction of sp³-hybridized carbons (Fsp3) is 0.678. The number of amides is 1. The third-order valence-electron chi connectivity index (χ3n) is 16.0. The van der Waals surface area contributed by atoms with E-state index in [-0.39, 0.29) is 61.4 Å². The topological polar surface area (TPSA) is 205 Å². The molecule has 1 aromatic heterocycles. The summed E-state index contributed by atoms with van der Waals surface area (Å²) in [6.07, 6.45) is 14.4. The molecule has 2 saturated heterocycles. The number of esters is 2. The van der Waals surface area contributed by atoms with Crippen molar-refractivity contribution in [3.63, 3.8) is 0 Å². The van der Waals surface area contributed by atoms with Crippen LogP contribution in [0.3, 0.4) is 0 Å². The van der Waals surface area contributed by atoms with Crippen LogP contribution in [-0.2, 0) is 63.7 Å². The number of hydrogen-bond acceptors (Lipinski definition) is 14. The number of pyridine rings is 1. The van der Waals surface area contributed by atoms with Crippen molar-refractivity contribution in [1.29, 1.82) is 0 Å². The van der Waals surface area contributed by atoms with E-state index in [1.165, 1.54) is 12.0 Å². The van der Waals surface area contributed by atoms with E-state index in [0.717, 1.165) is 11.1 Å². The smallest absolute Gasteiger partial charge is 0.373 e. The molecule has 1 saturated carbocycles. The molecule has 75 heavy (non-hydrogen) atoms. The molecule has 2 bridgehead atoms. The number of piperidine rings is 1. The molecule has 15 atom stereocenters. The molecule has 0 spiro atoms. The quantitative estimate of drug-likeness (QED) is 0.110. The maximum atomic E-state index is 14.6. The SMILES string of the molecule is CO[C@H]1C[C@@H]2CC[C@@H](C)[C@@](O)(O2)C(=O)C(=O)N2CCCC[C@H]2C(=O)O[C@H]([C@H](C)C[C@@H]2CC[C@@H](O)[C@H](OC)C2)CC(=O)[C@H](C)/C=C(\C)[C@@H](OC(=O)C[n+]2cccc(C)c2)[C@@H](OC)C(=O)[C@H](C)C[C@H](C)/C=C/C=C/C=C/1C. The third kappa shape index (κ3) is 16.6. The number of aryl methyl sites for hydroxylation is 1. The largest absolute Gasteiger partial charge is 0.460 e. The van der Waals surface area contributed by atoms with Crippen molar-refractivity contribution < 1.29 is 72.0 Å². The number of fused-ring (bicyclic) bond motifs is 3. The molecule has 4 aliphatic rings. The van der Waals surface area contributed by atoms with E-state index in [0.29, 0.717) is 69.8 Å².